The predicted octanol–water partition coefficient (Wildman–Crippen LogP) is 2.74. The van der Waals surface area contributed by atoms with Crippen molar-refractivity contribution >= 4 is 17.7 Å². The Morgan fingerprint density at radius 2 is 1.94 bits per heavy atom. The molecule has 4 heteroatoms. The maximum Gasteiger partial charge on any atom is 0.222 e. The van der Waals surface area contributed by atoms with Crippen LogP contribution in [0.25, 0.3) is 0 Å². The van der Waals surface area contributed by atoms with Gasteiger partial charge in [0.2, 0.25) is 5.91 Å². The first kappa shape index (κ1) is 15.1. The van der Waals surface area contributed by atoms with Crippen molar-refractivity contribution in [2.45, 2.75) is 43.7 Å². The minimum atomic E-state index is -0.363. The highest BCUT2D eigenvalue weighted by Crippen LogP contribution is 2.18. The topological polar surface area (TPSA) is 52.9 Å². The van der Waals surface area contributed by atoms with Gasteiger partial charge < -0.3 is 5.32 Å². The van der Waals surface area contributed by atoms with E-state index in [9.17, 15) is 4.79 Å². The van der Waals surface area contributed by atoms with Gasteiger partial charge in [-0.3, -0.25) is 10.5 Å². The Kier molecular flexibility index (Phi) is 5.69. The van der Waals surface area contributed by atoms with E-state index in [0.29, 0.717) is 5.75 Å². The molecule has 0 aliphatic heterocycles. The van der Waals surface area contributed by atoms with Crippen LogP contribution in [-0.4, -0.2) is 23.2 Å². The van der Waals surface area contributed by atoms with E-state index in [2.05, 4.69) is 5.32 Å². The Morgan fingerprint density at radius 3 is 2.50 bits per heavy atom. The molecular formula is C14H21N2OS. The van der Waals surface area contributed by atoms with Crippen molar-refractivity contribution in [1.82, 2.24) is 11.1 Å². The van der Waals surface area contributed by atoms with Gasteiger partial charge in [-0.05, 0) is 32.9 Å². The molecule has 1 amide bonds. The zero-order chi connectivity index (χ0) is 13.6. The molecular weight excluding hydrogens is 244 g/mol. The van der Waals surface area contributed by atoms with E-state index in [4.69, 9.17) is 5.73 Å². The second kappa shape index (κ2) is 6.81. The van der Waals surface area contributed by atoms with Gasteiger partial charge in [0, 0.05) is 28.6 Å². The first-order valence-electron chi connectivity index (χ1n) is 6.07. The predicted molar refractivity (Wildman–Crippen MR) is 76.6 cm³/mol. The summed E-state index contributed by atoms with van der Waals surface area (Å²) in [6, 6.07) is 9.61. The second-order valence-corrected chi connectivity index (χ2v) is 6.42. The highest BCUT2D eigenvalue weighted by molar-refractivity contribution is 7.99. The van der Waals surface area contributed by atoms with Crippen LogP contribution in [0.1, 0.15) is 27.2 Å². The fourth-order valence-electron chi connectivity index (χ4n) is 1.47. The third-order valence-corrected chi connectivity index (χ3v) is 3.32. The number of hydrogen-bond donors (Lipinski definition) is 1. The lowest BCUT2D eigenvalue weighted by molar-refractivity contribution is -0.122. The maximum atomic E-state index is 11.6. The zero-order valence-corrected chi connectivity index (χ0v) is 12.0. The summed E-state index contributed by atoms with van der Waals surface area (Å²) in [5, 5.41) is 2.88. The Hall–Kier alpha value is -1.00. The molecule has 1 aromatic rings. The summed E-state index contributed by atoms with van der Waals surface area (Å²) in [6.45, 7) is 5.84. The van der Waals surface area contributed by atoms with Gasteiger partial charge in [0.1, 0.15) is 0 Å². The molecule has 18 heavy (non-hydrogen) atoms. The first-order valence-corrected chi connectivity index (χ1v) is 7.05. The van der Waals surface area contributed by atoms with Crippen molar-refractivity contribution < 1.29 is 4.79 Å². The summed E-state index contributed by atoms with van der Waals surface area (Å²) < 4.78 is 0. The van der Waals surface area contributed by atoms with Crippen LogP contribution in [0.3, 0.4) is 0 Å². The van der Waals surface area contributed by atoms with Crippen molar-refractivity contribution in [3.05, 3.63) is 30.3 Å². The molecule has 0 aliphatic rings. The van der Waals surface area contributed by atoms with Gasteiger partial charge in [0.15, 0.2) is 0 Å². The fourth-order valence-corrected chi connectivity index (χ4v) is 2.33. The molecule has 99 valence electrons. The molecule has 0 saturated heterocycles. The number of amides is 1. The molecule has 0 heterocycles. The standard InChI is InChI=1S/C14H21N2OS/c1-14(2,3)16-13(17)9-11(15)10-18-12-7-5-4-6-8-12/h4-8,11,15H,9-10H2,1-3H3,(H,16,17)/t11-/m1/s1. The third kappa shape index (κ3) is 6.67. The van der Waals surface area contributed by atoms with E-state index in [-0.39, 0.29) is 23.9 Å². The quantitative estimate of drug-likeness (QED) is 0.832. The largest absolute Gasteiger partial charge is 0.351 e. The van der Waals surface area contributed by atoms with E-state index in [1.54, 1.807) is 11.8 Å². The van der Waals surface area contributed by atoms with Crippen molar-refractivity contribution in [2.75, 3.05) is 5.75 Å². The minimum Gasteiger partial charge on any atom is -0.351 e. The van der Waals surface area contributed by atoms with E-state index < -0.39 is 0 Å². The third-order valence-electron chi connectivity index (χ3n) is 2.14. The lowest BCUT2D eigenvalue weighted by Gasteiger charge is -2.21. The Bertz CT molecular complexity index is 373. The van der Waals surface area contributed by atoms with Gasteiger partial charge in [-0.2, -0.15) is 0 Å². The van der Waals surface area contributed by atoms with E-state index >= 15 is 0 Å². The molecule has 3 nitrogen and oxygen atoms in total. The first-order chi connectivity index (χ1) is 8.37. The van der Waals surface area contributed by atoms with Crippen LogP contribution in [0, 0.1) is 0 Å². The number of rotatable bonds is 5. The molecule has 0 aliphatic carbocycles. The number of hydrogen-bond acceptors (Lipinski definition) is 2. The van der Waals surface area contributed by atoms with E-state index in [1.165, 1.54) is 0 Å². The number of thioether (sulfide) groups is 1. The van der Waals surface area contributed by atoms with Crippen LogP contribution in [-0.2, 0) is 4.79 Å². The molecule has 0 saturated carbocycles. The molecule has 0 aromatic heterocycles. The molecule has 0 unspecified atom stereocenters. The lowest BCUT2D eigenvalue weighted by Crippen LogP contribution is -2.42. The number of carbonyl (C=O) groups is 1. The molecule has 0 bridgehead atoms. The van der Waals surface area contributed by atoms with Gasteiger partial charge in [-0.15, -0.1) is 11.8 Å². The highest BCUT2D eigenvalue weighted by Gasteiger charge is 2.16. The lowest BCUT2D eigenvalue weighted by atomic mass is 10.1. The Morgan fingerprint density at radius 1 is 1.33 bits per heavy atom. The molecule has 1 radical (unpaired) electrons. The van der Waals surface area contributed by atoms with Crippen LogP contribution in [0.15, 0.2) is 35.2 Å². The van der Waals surface area contributed by atoms with Gasteiger partial charge in [0.05, 0.1) is 0 Å². The SMILES string of the molecule is CC(C)(C)NC(=O)C[C@@H]([NH])CSc1ccccc1. The summed E-state index contributed by atoms with van der Waals surface area (Å²) in [6.07, 6.45) is 0.261. The molecule has 1 atom stereocenters. The van der Waals surface area contributed by atoms with Crippen LogP contribution < -0.4 is 11.1 Å². The maximum absolute atomic E-state index is 11.6. The zero-order valence-electron chi connectivity index (χ0n) is 11.2. The average molecular weight is 265 g/mol. The molecule has 0 fully saturated rings. The minimum absolute atomic E-state index is 0.0452. The Labute approximate surface area is 114 Å². The molecule has 1 rings (SSSR count). The van der Waals surface area contributed by atoms with Crippen LogP contribution in [0.2, 0.25) is 0 Å². The fraction of sp³-hybridized carbons (Fsp3) is 0.500. The normalized spacial score (nSPS) is 13.1. The smallest absolute Gasteiger partial charge is 0.222 e. The van der Waals surface area contributed by atoms with Gasteiger partial charge in [0.25, 0.3) is 0 Å². The van der Waals surface area contributed by atoms with Crippen molar-refractivity contribution in [2.24, 2.45) is 0 Å². The second-order valence-electron chi connectivity index (χ2n) is 5.32. The highest BCUT2D eigenvalue weighted by atomic mass is 32.2. The van der Waals surface area contributed by atoms with Crippen LogP contribution in [0.5, 0.6) is 0 Å². The molecule has 0 spiro atoms. The summed E-state index contributed by atoms with van der Waals surface area (Å²) in [7, 11) is 0. The van der Waals surface area contributed by atoms with Gasteiger partial charge >= 0.3 is 0 Å². The Balaban J connectivity index is 2.29. The van der Waals surface area contributed by atoms with Crippen molar-refractivity contribution in [3.63, 3.8) is 0 Å². The number of benzene rings is 1. The molecule has 2 N–H and O–H groups in total. The summed E-state index contributed by atoms with van der Waals surface area (Å²) in [5.74, 6) is 0.595. The number of nitrogens with one attached hydrogen (secondary N) is 2. The summed E-state index contributed by atoms with van der Waals surface area (Å²) >= 11 is 1.62. The van der Waals surface area contributed by atoms with Crippen molar-refractivity contribution in [1.29, 1.82) is 0 Å². The average Bonchev–Trinajstić information content (AvgIpc) is 2.25. The monoisotopic (exact) mass is 265 g/mol. The summed E-state index contributed by atoms with van der Waals surface area (Å²) in [5.41, 5.74) is 7.66. The van der Waals surface area contributed by atoms with E-state index in [1.807, 2.05) is 51.1 Å². The molecule has 1 aromatic carbocycles. The van der Waals surface area contributed by atoms with E-state index in [0.717, 1.165) is 4.90 Å². The van der Waals surface area contributed by atoms with Gasteiger partial charge in [-0.1, -0.05) is 18.2 Å². The van der Waals surface area contributed by atoms with Crippen molar-refractivity contribution in [3.8, 4) is 0 Å². The number of carbonyl (C=O) groups excluding carboxylic acids is 1. The van der Waals surface area contributed by atoms with Gasteiger partial charge in [-0.25, -0.2) is 0 Å². The van der Waals surface area contributed by atoms with Crippen LogP contribution >= 0.6 is 11.8 Å². The summed E-state index contributed by atoms with van der Waals surface area (Å²) in [4.78, 5) is 12.8. The van der Waals surface area contributed by atoms with Crippen LogP contribution in [0.4, 0.5) is 0 Å².